The quantitative estimate of drug-likeness (QED) is 0.672. The van der Waals surface area contributed by atoms with E-state index in [9.17, 15) is 14.5 Å². The summed E-state index contributed by atoms with van der Waals surface area (Å²) in [6.07, 6.45) is 0. The maximum atomic E-state index is 13.7. The van der Waals surface area contributed by atoms with Gasteiger partial charge in [-0.2, -0.15) is 0 Å². The molecule has 21 heavy (non-hydrogen) atoms. The van der Waals surface area contributed by atoms with Crippen molar-refractivity contribution in [3.63, 3.8) is 0 Å². The van der Waals surface area contributed by atoms with E-state index in [4.69, 9.17) is 4.74 Å². The maximum absolute atomic E-state index is 13.7. The van der Waals surface area contributed by atoms with Crippen molar-refractivity contribution >= 4 is 5.69 Å². The number of nitrogens with zero attached hydrogens (tertiary/aromatic N) is 1. The molecule has 0 heterocycles. The van der Waals surface area contributed by atoms with Crippen molar-refractivity contribution in [2.75, 3.05) is 7.05 Å². The summed E-state index contributed by atoms with van der Waals surface area (Å²) in [6, 6.07) is 10.7. The van der Waals surface area contributed by atoms with E-state index in [-0.39, 0.29) is 11.8 Å². The minimum atomic E-state index is -0.767. The Labute approximate surface area is 121 Å². The molecule has 2 aromatic rings. The third-order valence-corrected chi connectivity index (χ3v) is 3.18. The van der Waals surface area contributed by atoms with Gasteiger partial charge in [0.05, 0.1) is 4.92 Å². The van der Waals surface area contributed by atoms with Crippen LogP contribution >= 0.6 is 0 Å². The molecule has 0 aliphatic heterocycles. The Morgan fingerprint density at radius 1 is 1.24 bits per heavy atom. The number of nitro benzene ring substituents is 1. The lowest BCUT2D eigenvalue weighted by atomic mass is 10.1. The van der Waals surface area contributed by atoms with Gasteiger partial charge in [-0.05, 0) is 37.7 Å². The number of halogens is 1. The van der Waals surface area contributed by atoms with Gasteiger partial charge in [-0.1, -0.05) is 18.2 Å². The van der Waals surface area contributed by atoms with Crippen molar-refractivity contribution in [2.24, 2.45) is 0 Å². The molecule has 1 unspecified atom stereocenters. The van der Waals surface area contributed by atoms with Gasteiger partial charge < -0.3 is 10.1 Å². The van der Waals surface area contributed by atoms with Crippen molar-refractivity contribution in [3.05, 3.63) is 64.0 Å². The van der Waals surface area contributed by atoms with Crippen LogP contribution in [0.15, 0.2) is 42.5 Å². The Bertz CT molecular complexity index is 644. The molecule has 0 saturated carbocycles. The van der Waals surface area contributed by atoms with Gasteiger partial charge >= 0.3 is 5.69 Å². The SMILES string of the molecule is CNC(C)c1ccc(Oc2c(F)cccc2[N+](=O)[O-])cc1. The largest absolute Gasteiger partial charge is 0.447 e. The van der Waals surface area contributed by atoms with Crippen LogP contribution in [0.3, 0.4) is 0 Å². The Hall–Kier alpha value is -2.47. The van der Waals surface area contributed by atoms with Crippen LogP contribution in [0.25, 0.3) is 0 Å². The maximum Gasteiger partial charge on any atom is 0.314 e. The summed E-state index contributed by atoms with van der Waals surface area (Å²) in [7, 11) is 1.85. The molecular weight excluding hydrogens is 275 g/mol. The summed E-state index contributed by atoms with van der Waals surface area (Å²) in [5, 5.41) is 14.0. The lowest BCUT2D eigenvalue weighted by Gasteiger charge is -2.12. The number of para-hydroxylation sites is 1. The molecule has 110 valence electrons. The standard InChI is InChI=1S/C15H15FN2O3/c1-10(17-2)11-6-8-12(9-7-11)21-15-13(16)4-3-5-14(15)18(19)20/h3-10,17H,1-2H3. The Morgan fingerprint density at radius 3 is 2.48 bits per heavy atom. The lowest BCUT2D eigenvalue weighted by molar-refractivity contribution is -0.385. The van der Waals surface area contributed by atoms with E-state index < -0.39 is 16.4 Å². The fourth-order valence-corrected chi connectivity index (χ4v) is 1.85. The topological polar surface area (TPSA) is 64.4 Å². The number of rotatable bonds is 5. The van der Waals surface area contributed by atoms with Crippen molar-refractivity contribution in [3.8, 4) is 11.5 Å². The second kappa shape index (κ2) is 6.32. The monoisotopic (exact) mass is 290 g/mol. The summed E-state index contributed by atoms with van der Waals surface area (Å²) < 4.78 is 19.1. The molecule has 0 spiro atoms. The van der Waals surface area contributed by atoms with Gasteiger partial charge in [0.15, 0.2) is 5.82 Å². The number of benzene rings is 2. The molecule has 0 bridgehead atoms. The van der Waals surface area contributed by atoms with Gasteiger partial charge in [-0.25, -0.2) is 4.39 Å². The highest BCUT2D eigenvalue weighted by molar-refractivity contribution is 5.49. The van der Waals surface area contributed by atoms with Crippen LogP contribution in [0, 0.1) is 15.9 Å². The first-order chi connectivity index (χ1) is 10.0. The molecule has 2 aromatic carbocycles. The van der Waals surface area contributed by atoms with E-state index in [2.05, 4.69) is 5.32 Å². The molecule has 0 amide bonds. The Kier molecular flexibility index (Phi) is 4.49. The smallest absolute Gasteiger partial charge is 0.314 e. The van der Waals surface area contributed by atoms with Crippen molar-refractivity contribution in [1.29, 1.82) is 0 Å². The summed E-state index contributed by atoms with van der Waals surface area (Å²) >= 11 is 0. The normalized spacial score (nSPS) is 12.0. The zero-order valence-corrected chi connectivity index (χ0v) is 11.7. The van der Waals surface area contributed by atoms with E-state index in [1.54, 1.807) is 12.1 Å². The average Bonchev–Trinajstić information content (AvgIpc) is 2.49. The number of hydrogen-bond donors (Lipinski definition) is 1. The zero-order valence-electron chi connectivity index (χ0n) is 11.7. The van der Waals surface area contributed by atoms with Crippen LogP contribution in [0.5, 0.6) is 11.5 Å². The average molecular weight is 290 g/mol. The zero-order chi connectivity index (χ0) is 15.4. The molecule has 1 atom stereocenters. The first kappa shape index (κ1) is 14.9. The van der Waals surface area contributed by atoms with E-state index in [1.165, 1.54) is 12.1 Å². The Morgan fingerprint density at radius 2 is 1.90 bits per heavy atom. The third-order valence-electron chi connectivity index (χ3n) is 3.18. The molecule has 6 heteroatoms. The molecular formula is C15H15FN2O3. The fourth-order valence-electron chi connectivity index (χ4n) is 1.85. The molecule has 5 nitrogen and oxygen atoms in total. The van der Waals surface area contributed by atoms with Crippen LogP contribution in [0.2, 0.25) is 0 Å². The van der Waals surface area contributed by atoms with E-state index >= 15 is 0 Å². The lowest BCUT2D eigenvalue weighted by Crippen LogP contribution is -2.11. The molecule has 1 N–H and O–H groups in total. The Balaban J connectivity index is 2.28. The van der Waals surface area contributed by atoms with Gasteiger partial charge in [0.2, 0.25) is 5.75 Å². The predicted molar refractivity (Wildman–Crippen MR) is 77.0 cm³/mol. The second-order valence-corrected chi connectivity index (χ2v) is 4.53. The van der Waals surface area contributed by atoms with Crippen molar-refractivity contribution < 1.29 is 14.1 Å². The van der Waals surface area contributed by atoms with Gasteiger partial charge in [-0.3, -0.25) is 10.1 Å². The van der Waals surface area contributed by atoms with Crippen LogP contribution in [-0.4, -0.2) is 12.0 Å². The fraction of sp³-hybridized carbons (Fsp3) is 0.200. The molecule has 0 radical (unpaired) electrons. The van der Waals surface area contributed by atoms with Crippen LogP contribution in [0.1, 0.15) is 18.5 Å². The van der Waals surface area contributed by atoms with Gasteiger partial charge in [0.1, 0.15) is 5.75 Å². The minimum absolute atomic E-state index is 0.168. The van der Waals surface area contributed by atoms with E-state index in [1.807, 2.05) is 26.1 Å². The number of hydrogen-bond acceptors (Lipinski definition) is 4. The van der Waals surface area contributed by atoms with E-state index in [0.717, 1.165) is 11.6 Å². The summed E-state index contributed by atoms with van der Waals surface area (Å²) in [4.78, 5) is 10.2. The van der Waals surface area contributed by atoms with Gasteiger partial charge in [-0.15, -0.1) is 0 Å². The molecule has 2 rings (SSSR count). The highest BCUT2D eigenvalue weighted by atomic mass is 19.1. The first-order valence-electron chi connectivity index (χ1n) is 6.41. The van der Waals surface area contributed by atoms with Crippen LogP contribution < -0.4 is 10.1 Å². The first-order valence-corrected chi connectivity index (χ1v) is 6.41. The number of ether oxygens (including phenoxy) is 1. The van der Waals surface area contributed by atoms with Crippen molar-refractivity contribution in [2.45, 2.75) is 13.0 Å². The predicted octanol–water partition coefficient (Wildman–Crippen LogP) is 3.81. The minimum Gasteiger partial charge on any atom is -0.447 e. The van der Waals surface area contributed by atoms with Crippen LogP contribution in [-0.2, 0) is 0 Å². The van der Waals surface area contributed by atoms with Gasteiger partial charge in [0.25, 0.3) is 0 Å². The van der Waals surface area contributed by atoms with Crippen LogP contribution in [0.4, 0.5) is 10.1 Å². The number of nitrogens with one attached hydrogen (secondary N) is 1. The van der Waals surface area contributed by atoms with Crippen molar-refractivity contribution in [1.82, 2.24) is 5.32 Å². The summed E-state index contributed by atoms with van der Waals surface area (Å²) in [5.41, 5.74) is 0.635. The van der Waals surface area contributed by atoms with Gasteiger partial charge in [0, 0.05) is 12.1 Å². The summed E-state index contributed by atoms with van der Waals surface area (Å²) in [5.74, 6) is -0.802. The molecule has 0 fully saturated rings. The van der Waals surface area contributed by atoms with E-state index in [0.29, 0.717) is 5.75 Å². The molecule has 0 saturated heterocycles. The molecule has 0 aromatic heterocycles. The number of nitro groups is 1. The molecule has 0 aliphatic carbocycles. The molecule has 0 aliphatic rings. The highest BCUT2D eigenvalue weighted by Crippen LogP contribution is 2.34. The summed E-state index contributed by atoms with van der Waals surface area (Å²) in [6.45, 7) is 2.00. The highest BCUT2D eigenvalue weighted by Gasteiger charge is 2.20. The third kappa shape index (κ3) is 3.35. The second-order valence-electron chi connectivity index (χ2n) is 4.53.